The summed E-state index contributed by atoms with van der Waals surface area (Å²) in [6.45, 7) is 1.64. The second kappa shape index (κ2) is 6.88. The number of benzene rings is 1. The minimum atomic E-state index is 0.128. The number of rotatable bonds is 4. The molecule has 2 aliphatic rings. The number of aromatic nitrogens is 2. The van der Waals surface area contributed by atoms with Gasteiger partial charge in [0.2, 0.25) is 5.91 Å². The molecule has 0 saturated heterocycles. The summed E-state index contributed by atoms with van der Waals surface area (Å²) in [7, 11) is 0. The van der Waals surface area contributed by atoms with Gasteiger partial charge in [0.1, 0.15) is 6.54 Å². The Kier molecular flexibility index (Phi) is 4.44. The zero-order valence-electron chi connectivity index (χ0n) is 14.4. The minimum absolute atomic E-state index is 0.128. The first-order valence-corrected chi connectivity index (χ1v) is 9.17. The van der Waals surface area contributed by atoms with Gasteiger partial charge in [0.15, 0.2) is 11.6 Å². The van der Waals surface area contributed by atoms with Crippen LogP contribution in [0.25, 0.3) is 11.4 Å². The molecule has 3 N–H and O–H groups in total. The van der Waals surface area contributed by atoms with Gasteiger partial charge in [-0.2, -0.15) is 0 Å². The number of amides is 1. The summed E-state index contributed by atoms with van der Waals surface area (Å²) >= 11 is 0. The van der Waals surface area contributed by atoms with Gasteiger partial charge in [-0.15, -0.1) is 0 Å². The lowest BCUT2D eigenvalue weighted by molar-refractivity contribution is -0.117. The first kappa shape index (κ1) is 16.1. The molecule has 1 aromatic heterocycles. The van der Waals surface area contributed by atoms with Gasteiger partial charge >= 0.3 is 0 Å². The fraction of sp³-hybridized carbons (Fsp3) is 0.474. The molecule has 1 aliphatic carbocycles. The van der Waals surface area contributed by atoms with Crippen molar-refractivity contribution in [2.75, 3.05) is 23.4 Å². The summed E-state index contributed by atoms with van der Waals surface area (Å²) < 4.78 is 1.95. The molecular weight excluding hydrogens is 314 g/mol. The second-order valence-corrected chi connectivity index (χ2v) is 7.02. The molecule has 1 aromatic carbocycles. The Bertz CT molecular complexity index is 746. The highest BCUT2D eigenvalue weighted by Gasteiger charge is 2.29. The molecule has 25 heavy (non-hydrogen) atoms. The van der Waals surface area contributed by atoms with Gasteiger partial charge in [0.05, 0.1) is 6.20 Å². The molecule has 0 radical (unpaired) electrons. The summed E-state index contributed by atoms with van der Waals surface area (Å²) in [5.41, 5.74) is 11.0. The average Bonchev–Trinajstić information content (AvgIpc) is 3.09. The van der Waals surface area contributed by atoms with E-state index >= 15 is 0 Å². The van der Waals surface area contributed by atoms with E-state index in [9.17, 15) is 4.79 Å². The second-order valence-electron chi connectivity index (χ2n) is 7.02. The molecule has 1 amide bonds. The van der Waals surface area contributed by atoms with Gasteiger partial charge in [-0.3, -0.25) is 9.69 Å². The van der Waals surface area contributed by atoms with Crippen LogP contribution >= 0.6 is 0 Å². The molecule has 0 atom stereocenters. The summed E-state index contributed by atoms with van der Waals surface area (Å²) in [5, 5.41) is 0. The van der Waals surface area contributed by atoms with Gasteiger partial charge < -0.3 is 11.2 Å². The maximum Gasteiger partial charge on any atom is 0.249 e. The number of anilines is 1. The summed E-state index contributed by atoms with van der Waals surface area (Å²) in [6.07, 6.45) is 8.13. The molecule has 2 aromatic rings. The number of hydrogen-bond donors (Lipinski definition) is 2. The molecule has 6 nitrogen and oxygen atoms in total. The van der Waals surface area contributed by atoms with Crippen molar-refractivity contribution in [3.63, 3.8) is 0 Å². The van der Waals surface area contributed by atoms with Gasteiger partial charge in [0.25, 0.3) is 0 Å². The normalized spacial score (nSPS) is 18.1. The van der Waals surface area contributed by atoms with Gasteiger partial charge in [-0.25, -0.2) is 9.66 Å². The Morgan fingerprint density at radius 1 is 1.16 bits per heavy atom. The van der Waals surface area contributed by atoms with Crippen molar-refractivity contribution >= 4 is 11.7 Å². The molecular formula is C19H25N5O. The fourth-order valence-corrected chi connectivity index (χ4v) is 3.88. The standard InChI is InChI=1S/C19H25N5O/c20-10-14-6-8-16(9-7-14)19-21-11-17-23(18(25)12-22-24(17)19)13-15-4-2-1-3-5-15/h6-9,11,15,22H,1-5,10,12-13,20H2. The first-order valence-electron chi connectivity index (χ1n) is 9.17. The minimum Gasteiger partial charge on any atom is -0.326 e. The van der Waals surface area contributed by atoms with Gasteiger partial charge in [-0.1, -0.05) is 43.5 Å². The number of nitrogens with one attached hydrogen (secondary N) is 1. The van der Waals surface area contributed by atoms with Crippen LogP contribution in [0.15, 0.2) is 30.5 Å². The number of hydrogen-bond acceptors (Lipinski definition) is 4. The van der Waals surface area contributed by atoms with E-state index in [1.807, 2.05) is 33.8 Å². The largest absolute Gasteiger partial charge is 0.326 e. The lowest BCUT2D eigenvalue weighted by Gasteiger charge is -2.33. The number of carbonyl (C=O) groups is 1. The maximum absolute atomic E-state index is 12.5. The van der Waals surface area contributed by atoms with Crippen LogP contribution in [0.5, 0.6) is 0 Å². The molecule has 0 bridgehead atoms. The third-order valence-electron chi connectivity index (χ3n) is 5.32. The Hall–Kier alpha value is -2.34. The zero-order valence-corrected chi connectivity index (χ0v) is 14.4. The molecule has 1 aliphatic heterocycles. The first-order chi connectivity index (χ1) is 12.3. The monoisotopic (exact) mass is 339 g/mol. The highest BCUT2D eigenvalue weighted by Crippen LogP contribution is 2.30. The molecule has 0 unspecified atom stereocenters. The highest BCUT2D eigenvalue weighted by molar-refractivity contribution is 5.96. The van der Waals surface area contributed by atoms with Crippen LogP contribution in [0.2, 0.25) is 0 Å². The van der Waals surface area contributed by atoms with Crippen molar-refractivity contribution in [2.45, 2.75) is 38.6 Å². The van der Waals surface area contributed by atoms with Crippen LogP contribution in [0, 0.1) is 5.92 Å². The van der Waals surface area contributed by atoms with Crippen molar-refractivity contribution in [1.82, 2.24) is 9.66 Å². The Balaban J connectivity index is 1.61. The van der Waals surface area contributed by atoms with Crippen LogP contribution in [0.3, 0.4) is 0 Å². The Morgan fingerprint density at radius 2 is 1.92 bits per heavy atom. The van der Waals surface area contributed by atoms with E-state index in [1.54, 1.807) is 6.20 Å². The predicted molar refractivity (Wildman–Crippen MR) is 98.7 cm³/mol. The molecule has 4 rings (SSSR count). The van der Waals surface area contributed by atoms with Gasteiger partial charge in [-0.05, 0) is 24.3 Å². The van der Waals surface area contributed by atoms with Crippen LogP contribution in [-0.4, -0.2) is 28.7 Å². The van der Waals surface area contributed by atoms with Crippen LogP contribution in [-0.2, 0) is 11.3 Å². The number of imidazole rings is 1. The number of nitrogens with zero attached hydrogens (tertiary/aromatic N) is 3. The van der Waals surface area contributed by atoms with Crippen LogP contribution in [0.1, 0.15) is 37.7 Å². The maximum atomic E-state index is 12.5. The lowest BCUT2D eigenvalue weighted by Crippen LogP contribution is -2.46. The van der Waals surface area contributed by atoms with Crippen molar-refractivity contribution in [3.8, 4) is 11.4 Å². The topological polar surface area (TPSA) is 76.2 Å². The van der Waals surface area contributed by atoms with E-state index in [2.05, 4.69) is 10.4 Å². The van der Waals surface area contributed by atoms with Crippen LogP contribution in [0.4, 0.5) is 5.82 Å². The van der Waals surface area contributed by atoms with E-state index in [-0.39, 0.29) is 5.91 Å². The SMILES string of the molecule is NCc1ccc(-c2ncc3n2NCC(=O)N3CC2CCCCC2)cc1. The van der Waals surface area contributed by atoms with E-state index in [1.165, 1.54) is 32.1 Å². The average molecular weight is 339 g/mol. The lowest BCUT2D eigenvalue weighted by atomic mass is 9.89. The van der Waals surface area contributed by atoms with E-state index in [0.29, 0.717) is 19.0 Å². The summed E-state index contributed by atoms with van der Waals surface area (Å²) in [4.78, 5) is 19.0. The van der Waals surface area contributed by atoms with Crippen molar-refractivity contribution in [2.24, 2.45) is 11.7 Å². The molecule has 1 fully saturated rings. The molecule has 0 spiro atoms. The predicted octanol–water partition coefficient (Wildman–Crippen LogP) is 2.48. The third kappa shape index (κ3) is 3.14. The number of fused-ring (bicyclic) bond motifs is 1. The van der Waals surface area contributed by atoms with Crippen molar-refractivity contribution in [3.05, 3.63) is 36.0 Å². The number of carbonyl (C=O) groups excluding carboxylic acids is 1. The quantitative estimate of drug-likeness (QED) is 0.897. The molecule has 2 heterocycles. The van der Waals surface area contributed by atoms with Crippen molar-refractivity contribution in [1.29, 1.82) is 0 Å². The van der Waals surface area contributed by atoms with Crippen LogP contribution < -0.4 is 16.1 Å². The number of nitrogens with two attached hydrogens (primary N) is 1. The Morgan fingerprint density at radius 3 is 2.64 bits per heavy atom. The summed E-state index contributed by atoms with van der Waals surface area (Å²) in [6, 6.07) is 8.10. The van der Waals surface area contributed by atoms with Crippen molar-refractivity contribution < 1.29 is 4.79 Å². The van der Waals surface area contributed by atoms with E-state index in [4.69, 9.17) is 5.73 Å². The van der Waals surface area contributed by atoms with Gasteiger partial charge in [0, 0.05) is 18.7 Å². The summed E-state index contributed by atoms with van der Waals surface area (Å²) in [5.74, 6) is 2.41. The molecule has 132 valence electrons. The van der Waals surface area contributed by atoms with E-state index in [0.717, 1.165) is 29.3 Å². The smallest absolute Gasteiger partial charge is 0.249 e. The fourth-order valence-electron chi connectivity index (χ4n) is 3.88. The van der Waals surface area contributed by atoms with E-state index < -0.39 is 0 Å². The highest BCUT2D eigenvalue weighted by atomic mass is 16.2. The molecule has 6 heteroatoms. The zero-order chi connectivity index (χ0) is 17.2. The third-order valence-corrected chi connectivity index (χ3v) is 5.32. The molecule has 1 saturated carbocycles. The Labute approximate surface area is 148 Å².